The van der Waals surface area contributed by atoms with Gasteiger partial charge in [0, 0.05) is 36.7 Å². The molecular weight excluding hydrogens is 343 g/mol. The van der Waals surface area contributed by atoms with Crippen molar-refractivity contribution >= 4 is 18.3 Å². The van der Waals surface area contributed by atoms with Crippen LogP contribution in [0, 0.1) is 24.1 Å². The molecule has 1 N–H and O–H groups in total. The fraction of sp³-hybridized carbons (Fsp3) is 0.632. The zero-order chi connectivity index (χ0) is 17.5. The molecule has 2 atom stereocenters. The molecule has 4 nitrogen and oxygen atoms in total. The van der Waals surface area contributed by atoms with Crippen molar-refractivity contribution in [2.45, 2.75) is 33.2 Å². The highest BCUT2D eigenvalue weighted by atomic mass is 35.5. The number of amides is 1. The van der Waals surface area contributed by atoms with Crippen molar-refractivity contribution in [1.82, 2.24) is 9.80 Å². The molecule has 2 aliphatic rings. The van der Waals surface area contributed by atoms with Gasteiger partial charge in [-0.3, -0.25) is 4.79 Å². The highest BCUT2D eigenvalue weighted by molar-refractivity contribution is 5.94. The second kappa shape index (κ2) is 7.60. The zero-order valence-corrected chi connectivity index (χ0v) is 16.0. The maximum absolute atomic E-state index is 13.8. The van der Waals surface area contributed by atoms with Crippen molar-refractivity contribution in [3.63, 3.8) is 0 Å². The number of carbonyl (C=O) groups excluding carboxylic acids is 1. The molecule has 0 radical (unpaired) electrons. The number of piperidine rings is 1. The molecule has 2 heterocycles. The lowest BCUT2D eigenvalue weighted by molar-refractivity contribution is -0.00103. The minimum atomic E-state index is -0.347. The van der Waals surface area contributed by atoms with E-state index in [9.17, 15) is 14.3 Å². The fourth-order valence-corrected chi connectivity index (χ4v) is 4.15. The highest BCUT2D eigenvalue weighted by Crippen LogP contribution is 2.42. The van der Waals surface area contributed by atoms with Crippen LogP contribution in [0.25, 0.3) is 0 Å². The van der Waals surface area contributed by atoms with Crippen LogP contribution in [0.2, 0.25) is 0 Å². The third kappa shape index (κ3) is 3.69. The van der Waals surface area contributed by atoms with Crippen molar-refractivity contribution in [3.8, 4) is 0 Å². The van der Waals surface area contributed by atoms with Gasteiger partial charge in [0.2, 0.25) is 0 Å². The Labute approximate surface area is 155 Å². The Balaban J connectivity index is 0.00000225. The van der Waals surface area contributed by atoms with E-state index in [1.54, 1.807) is 24.0 Å². The van der Waals surface area contributed by atoms with E-state index < -0.39 is 0 Å². The molecule has 2 aliphatic heterocycles. The van der Waals surface area contributed by atoms with Gasteiger partial charge in [-0.2, -0.15) is 0 Å². The van der Waals surface area contributed by atoms with E-state index in [1.165, 1.54) is 6.07 Å². The molecule has 0 saturated carbocycles. The van der Waals surface area contributed by atoms with Gasteiger partial charge in [0.05, 0.1) is 6.61 Å². The van der Waals surface area contributed by atoms with Crippen molar-refractivity contribution in [1.29, 1.82) is 0 Å². The SMILES string of the molecule is Cc1ccc(C(=O)N2C[C@H]3CCN(C(C)C)C[C@@]3(CO)C2)cc1F.Cl. The number of aliphatic hydroxyl groups excluding tert-OH is 1. The quantitative estimate of drug-likeness (QED) is 0.889. The van der Waals surface area contributed by atoms with Crippen LogP contribution >= 0.6 is 12.4 Å². The van der Waals surface area contributed by atoms with Crippen LogP contribution in [-0.4, -0.2) is 59.6 Å². The lowest BCUT2D eigenvalue weighted by Gasteiger charge is -2.44. The number of nitrogens with zero attached hydrogens (tertiary/aromatic N) is 2. The summed E-state index contributed by atoms with van der Waals surface area (Å²) in [5, 5.41) is 10.1. The van der Waals surface area contributed by atoms with E-state index >= 15 is 0 Å². The summed E-state index contributed by atoms with van der Waals surface area (Å²) in [6.45, 7) is 9.13. The molecule has 140 valence electrons. The Morgan fingerprint density at radius 3 is 2.72 bits per heavy atom. The van der Waals surface area contributed by atoms with Gasteiger partial charge in [-0.05, 0) is 57.4 Å². The van der Waals surface area contributed by atoms with Gasteiger partial charge in [0.1, 0.15) is 5.82 Å². The van der Waals surface area contributed by atoms with Gasteiger partial charge in [-0.25, -0.2) is 4.39 Å². The lowest BCUT2D eigenvalue weighted by atomic mass is 9.73. The van der Waals surface area contributed by atoms with Crippen molar-refractivity contribution < 1.29 is 14.3 Å². The third-order valence-electron chi connectivity index (χ3n) is 5.85. The van der Waals surface area contributed by atoms with Gasteiger partial charge < -0.3 is 14.9 Å². The topological polar surface area (TPSA) is 43.8 Å². The molecule has 1 aromatic rings. The molecule has 0 bridgehead atoms. The molecular formula is C19H28ClFN2O2. The van der Waals surface area contributed by atoms with E-state index in [1.807, 2.05) is 0 Å². The maximum atomic E-state index is 13.8. The van der Waals surface area contributed by atoms with Crippen molar-refractivity contribution in [3.05, 3.63) is 35.1 Å². The number of likely N-dealkylation sites (tertiary alicyclic amines) is 2. The summed E-state index contributed by atoms with van der Waals surface area (Å²) < 4.78 is 13.8. The van der Waals surface area contributed by atoms with Crippen LogP contribution in [0.1, 0.15) is 36.2 Å². The van der Waals surface area contributed by atoms with Crippen LogP contribution in [0.4, 0.5) is 4.39 Å². The van der Waals surface area contributed by atoms with Crippen LogP contribution in [-0.2, 0) is 0 Å². The van der Waals surface area contributed by atoms with Crippen LogP contribution in [0.15, 0.2) is 18.2 Å². The van der Waals surface area contributed by atoms with Crippen LogP contribution in [0.3, 0.4) is 0 Å². The largest absolute Gasteiger partial charge is 0.396 e. The summed E-state index contributed by atoms with van der Waals surface area (Å²) >= 11 is 0. The lowest BCUT2D eigenvalue weighted by Crippen LogP contribution is -2.52. The summed E-state index contributed by atoms with van der Waals surface area (Å²) in [6.07, 6.45) is 0.991. The predicted octanol–water partition coefficient (Wildman–Crippen LogP) is 2.72. The molecule has 2 saturated heterocycles. The number of benzene rings is 1. The molecule has 0 aromatic heterocycles. The highest BCUT2D eigenvalue weighted by Gasteiger charge is 2.50. The molecule has 0 spiro atoms. The van der Waals surface area contributed by atoms with E-state index in [2.05, 4.69) is 18.7 Å². The monoisotopic (exact) mass is 370 g/mol. The number of hydrogen-bond donors (Lipinski definition) is 1. The summed E-state index contributed by atoms with van der Waals surface area (Å²) in [7, 11) is 0. The first-order valence-electron chi connectivity index (χ1n) is 8.76. The number of carbonyl (C=O) groups is 1. The van der Waals surface area contributed by atoms with E-state index in [4.69, 9.17) is 0 Å². The molecule has 2 fully saturated rings. The van der Waals surface area contributed by atoms with E-state index in [0.29, 0.717) is 36.2 Å². The fourth-order valence-electron chi connectivity index (χ4n) is 4.15. The van der Waals surface area contributed by atoms with Crippen molar-refractivity contribution in [2.24, 2.45) is 11.3 Å². The molecule has 0 aliphatic carbocycles. The Kier molecular flexibility index (Phi) is 6.13. The molecule has 0 unspecified atom stereocenters. The van der Waals surface area contributed by atoms with Gasteiger partial charge in [-0.15, -0.1) is 12.4 Å². The van der Waals surface area contributed by atoms with Gasteiger partial charge in [0.25, 0.3) is 5.91 Å². The first-order chi connectivity index (χ1) is 11.4. The van der Waals surface area contributed by atoms with Gasteiger partial charge in [-0.1, -0.05) is 6.07 Å². The maximum Gasteiger partial charge on any atom is 0.253 e. The zero-order valence-electron chi connectivity index (χ0n) is 15.2. The number of halogens is 2. The van der Waals surface area contributed by atoms with Crippen LogP contribution in [0.5, 0.6) is 0 Å². The third-order valence-corrected chi connectivity index (χ3v) is 5.85. The number of aryl methyl sites for hydroxylation is 1. The average Bonchev–Trinajstić information content (AvgIpc) is 2.95. The Bertz CT molecular complexity index is 640. The summed E-state index contributed by atoms with van der Waals surface area (Å²) in [4.78, 5) is 17.0. The number of fused-ring (bicyclic) bond motifs is 1. The van der Waals surface area contributed by atoms with Crippen LogP contribution < -0.4 is 0 Å². The average molecular weight is 371 g/mol. The van der Waals surface area contributed by atoms with Gasteiger partial charge >= 0.3 is 0 Å². The summed E-state index contributed by atoms with van der Waals surface area (Å²) in [6, 6.07) is 5.10. The summed E-state index contributed by atoms with van der Waals surface area (Å²) in [5.41, 5.74) is 0.688. The Morgan fingerprint density at radius 2 is 2.12 bits per heavy atom. The van der Waals surface area contributed by atoms with E-state index in [-0.39, 0.29) is 36.2 Å². The van der Waals surface area contributed by atoms with E-state index in [0.717, 1.165) is 19.5 Å². The number of rotatable bonds is 3. The molecule has 1 aromatic carbocycles. The smallest absolute Gasteiger partial charge is 0.253 e. The number of aliphatic hydroxyl groups is 1. The second-order valence-corrected chi connectivity index (χ2v) is 7.72. The number of hydrogen-bond acceptors (Lipinski definition) is 3. The molecule has 6 heteroatoms. The normalized spacial score (nSPS) is 26.5. The first kappa shape index (κ1) is 20.1. The molecule has 25 heavy (non-hydrogen) atoms. The van der Waals surface area contributed by atoms with Gasteiger partial charge in [0.15, 0.2) is 0 Å². The standard InChI is InChI=1S/C19H27FN2O2.ClH/c1-13(2)21-7-6-16-9-22(11-19(16,10-21)12-23)18(24)15-5-4-14(3)17(20)8-15;/h4-5,8,13,16,23H,6-7,9-12H2,1-3H3;1H/t16-,19+;/m1./s1. The molecule has 3 rings (SSSR count). The Morgan fingerprint density at radius 1 is 1.40 bits per heavy atom. The summed E-state index contributed by atoms with van der Waals surface area (Å²) in [5.74, 6) is -0.163. The van der Waals surface area contributed by atoms with Crippen molar-refractivity contribution in [2.75, 3.05) is 32.8 Å². The minimum Gasteiger partial charge on any atom is -0.396 e. The first-order valence-corrected chi connectivity index (χ1v) is 8.76. The molecule has 1 amide bonds. The minimum absolute atomic E-state index is 0. The second-order valence-electron chi connectivity index (χ2n) is 7.72. The predicted molar refractivity (Wildman–Crippen MR) is 98.6 cm³/mol. The Hall–Kier alpha value is -1.17.